The molecular weight excluding hydrogens is 238 g/mol. The van der Waals surface area contributed by atoms with Gasteiger partial charge < -0.3 is 10.4 Å². The third-order valence-electron chi connectivity index (χ3n) is 2.32. The highest BCUT2D eigenvalue weighted by molar-refractivity contribution is 7.84. The minimum Gasteiger partial charge on any atom is -0.508 e. The van der Waals surface area contributed by atoms with Gasteiger partial charge in [0.05, 0.1) is 0 Å². The molecule has 1 aromatic carbocycles. The van der Waals surface area contributed by atoms with Gasteiger partial charge in [0.2, 0.25) is 0 Å². The molecule has 2 atom stereocenters. The summed E-state index contributed by atoms with van der Waals surface area (Å²) in [6.45, 7) is 3.58. The van der Waals surface area contributed by atoms with Crippen molar-refractivity contribution in [1.29, 1.82) is 0 Å². The minimum atomic E-state index is -0.932. The van der Waals surface area contributed by atoms with Crippen LogP contribution in [0.25, 0.3) is 0 Å². The van der Waals surface area contributed by atoms with Crippen LogP contribution in [0.2, 0.25) is 0 Å². The first kappa shape index (κ1) is 13.7. The summed E-state index contributed by atoms with van der Waals surface area (Å²) in [7, 11) is -0.932. The van der Waals surface area contributed by atoms with Crippen LogP contribution in [0.3, 0.4) is 0 Å². The molecule has 2 N–H and O–H groups in total. The molecular formula is C12H17NO3S. The highest BCUT2D eigenvalue weighted by Crippen LogP contribution is 2.15. The topological polar surface area (TPSA) is 66.4 Å². The Hall–Kier alpha value is -1.36. The lowest BCUT2D eigenvalue weighted by molar-refractivity contribution is 0.0943. The molecule has 0 aliphatic heterocycles. The Labute approximate surface area is 104 Å². The molecule has 1 rings (SSSR count). The van der Waals surface area contributed by atoms with Crippen LogP contribution in [0.4, 0.5) is 0 Å². The number of hydrogen-bond donors (Lipinski definition) is 2. The first-order valence-corrected chi connectivity index (χ1v) is 7.03. The lowest BCUT2D eigenvalue weighted by Crippen LogP contribution is -2.36. The van der Waals surface area contributed by atoms with E-state index in [4.69, 9.17) is 0 Å². The van der Waals surface area contributed by atoms with E-state index in [1.165, 1.54) is 12.1 Å². The molecule has 0 heterocycles. The Balaban J connectivity index is 2.73. The predicted molar refractivity (Wildman–Crippen MR) is 68.7 cm³/mol. The van der Waals surface area contributed by atoms with Crippen LogP contribution < -0.4 is 5.32 Å². The summed E-state index contributed by atoms with van der Waals surface area (Å²) < 4.78 is 11.0. The Bertz CT molecular complexity index is 445. The Kier molecular flexibility index (Phi) is 4.69. The summed E-state index contributed by atoms with van der Waals surface area (Å²) in [6, 6.07) is 4.46. The molecule has 1 aromatic rings. The van der Waals surface area contributed by atoms with E-state index in [9.17, 15) is 14.1 Å². The molecule has 0 fully saturated rings. The average Bonchev–Trinajstić information content (AvgIpc) is 2.15. The molecule has 17 heavy (non-hydrogen) atoms. The predicted octanol–water partition coefficient (Wildman–Crippen LogP) is 1.20. The summed E-state index contributed by atoms with van der Waals surface area (Å²) in [5, 5.41) is 12.0. The number of aryl methyl sites for hydroxylation is 1. The molecule has 4 nitrogen and oxygen atoms in total. The average molecular weight is 255 g/mol. The van der Waals surface area contributed by atoms with Gasteiger partial charge in [-0.05, 0) is 37.6 Å². The van der Waals surface area contributed by atoms with Crippen LogP contribution in [0.15, 0.2) is 18.2 Å². The van der Waals surface area contributed by atoms with Gasteiger partial charge in [0.25, 0.3) is 5.91 Å². The van der Waals surface area contributed by atoms with Crippen molar-refractivity contribution in [3.63, 3.8) is 0 Å². The smallest absolute Gasteiger partial charge is 0.251 e. The van der Waals surface area contributed by atoms with Gasteiger partial charge in [-0.1, -0.05) is 0 Å². The van der Waals surface area contributed by atoms with Crippen LogP contribution in [-0.4, -0.2) is 33.3 Å². The fourth-order valence-electron chi connectivity index (χ4n) is 1.60. The quantitative estimate of drug-likeness (QED) is 0.849. The number of carbonyl (C=O) groups excluding carboxylic acids is 1. The second kappa shape index (κ2) is 5.82. The molecule has 2 unspecified atom stereocenters. The normalized spacial score (nSPS) is 14.1. The van der Waals surface area contributed by atoms with Crippen molar-refractivity contribution < 1.29 is 14.1 Å². The molecule has 1 amide bonds. The SMILES string of the molecule is Cc1cc(O)ccc1C(=O)NC(C)CS(C)=O. The molecule has 94 valence electrons. The zero-order valence-corrected chi connectivity index (χ0v) is 11.0. The number of carbonyl (C=O) groups is 1. The molecule has 0 saturated heterocycles. The number of nitrogens with one attached hydrogen (secondary N) is 1. The van der Waals surface area contributed by atoms with Crippen molar-refractivity contribution in [3.05, 3.63) is 29.3 Å². The van der Waals surface area contributed by atoms with Crippen LogP contribution in [0, 0.1) is 6.92 Å². The van der Waals surface area contributed by atoms with E-state index in [2.05, 4.69) is 5.32 Å². The van der Waals surface area contributed by atoms with Crippen molar-refractivity contribution in [2.24, 2.45) is 0 Å². The number of phenolic OH excluding ortho intramolecular Hbond substituents is 1. The number of benzene rings is 1. The highest BCUT2D eigenvalue weighted by Gasteiger charge is 2.13. The fourth-order valence-corrected chi connectivity index (χ4v) is 2.39. The Morgan fingerprint density at radius 1 is 1.53 bits per heavy atom. The van der Waals surface area contributed by atoms with Gasteiger partial charge >= 0.3 is 0 Å². The lowest BCUT2D eigenvalue weighted by Gasteiger charge is -2.13. The number of aromatic hydroxyl groups is 1. The highest BCUT2D eigenvalue weighted by atomic mass is 32.2. The first-order valence-electron chi connectivity index (χ1n) is 5.30. The molecule has 0 spiro atoms. The van der Waals surface area contributed by atoms with Crippen molar-refractivity contribution in [1.82, 2.24) is 5.32 Å². The van der Waals surface area contributed by atoms with Crippen LogP contribution >= 0.6 is 0 Å². The molecule has 0 aliphatic rings. The fraction of sp³-hybridized carbons (Fsp3) is 0.417. The van der Waals surface area contributed by atoms with Gasteiger partial charge in [-0.3, -0.25) is 9.00 Å². The maximum absolute atomic E-state index is 11.9. The zero-order valence-electron chi connectivity index (χ0n) is 10.2. The van der Waals surface area contributed by atoms with E-state index in [1.54, 1.807) is 19.2 Å². The van der Waals surface area contributed by atoms with E-state index in [0.29, 0.717) is 16.9 Å². The third kappa shape index (κ3) is 4.19. The van der Waals surface area contributed by atoms with Crippen molar-refractivity contribution in [2.45, 2.75) is 19.9 Å². The molecule has 0 aromatic heterocycles. The maximum Gasteiger partial charge on any atom is 0.251 e. The number of phenols is 1. The van der Waals surface area contributed by atoms with E-state index in [0.717, 1.165) is 0 Å². The molecule has 0 aliphatic carbocycles. The zero-order chi connectivity index (χ0) is 13.0. The number of hydrogen-bond acceptors (Lipinski definition) is 3. The lowest BCUT2D eigenvalue weighted by atomic mass is 10.1. The van der Waals surface area contributed by atoms with Crippen LogP contribution in [0.5, 0.6) is 5.75 Å². The molecule has 0 saturated carbocycles. The van der Waals surface area contributed by atoms with Crippen LogP contribution in [0.1, 0.15) is 22.8 Å². The van der Waals surface area contributed by atoms with E-state index >= 15 is 0 Å². The van der Waals surface area contributed by atoms with Gasteiger partial charge in [0.15, 0.2) is 0 Å². The first-order chi connectivity index (χ1) is 7.90. The van der Waals surface area contributed by atoms with Crippen LogP contribution in [-0.2, 0) is 10.8 Å². The summed E-state index contributed by atoms with van der Waals surface area (Å²) in [4.78, 5) is 11.9. The summed E-state index contributed by atoms with van der Waals surface area (Å²) >= 11 is 0. The van der Waals surface area contributed by atoms with Gasteiger partial charge in [-0.15, -0.1) is 0 Å². The summed E-state index contributed by atoms with van der Waals surface area (Å²) in [5.74, 6) is 0.366. The summed E-state index contributed by atoms with van der Waals surface area (Å²) in [6.07, 6.45) is 1.61. The second-order valence-corrected chi connectivity index (χ2v) is 5.59. The Morgan fingerprint density at radius 2 is 2.18 bits per heavy atom. The van der Waals surface area contributed by atoms with Gasteiger partial charge in [0, 0.05) is 34.4 Å². The monoisotopic (exact) mass is 255 g/mol. The molecule has 0 bridgehead atoms. The maximum atomic E-state index is 11.9. The van der Waals surface area contributed by atoms with E-state index < -0.39 is 10.8 Å². The minimum absolute atomic E-state index is 0.137. The van der Waals surface area contributed by atoms with Gasteiger partial charge in [0.1, 0.15) is 5.75 Å². The van der Waals surface area contributed by atoms with E-state index in [1.807, 2.05) is 6.92 Å². The second-order valence-electron chi connectivity index (χ2n) is 4.11. The standard InChI is InChI=1S/C12H17NO3S/c1-8-6-10(14)4-5-11(8)12(15)13-9(2)7-17(3)16/h4-6,9,14H,7H2,1-3H3,(H,13,15). The molecule has 5 heteroatoms. The van der Waals surface area contributed by atoms with Crippen molar-refractivity contribution in [2.75, 3.05) is 12.0 Å². The molecule has 0 radical (unpaired) electrons. The third-order valence-corrected chi connectivity index (χ3v) is 3.29. The largest absolute Gasteiger partial charge is 0.508 e. The number of amides is 1. The van der Waals surface area contributed by atoms with Crippen molar-refractivity contribution >= 4 is 16.7 Å². The van der Waals surface area contributed by atoms with Gasteiger partial charge in [-0.2, -0.15) is 0 Å². The number of rotatable bonds is 4. The van der Waals surface area contributed by atoms with Crippen molar-refractivity contribution in [3.8, 4) is 5.75 Å². The van der Waals surface area contributed by atoms with E-state index in [-0.39, 0.29) is 17.7 Å². The van der Waals surface area contributed by atoms with Gasteiger partial charge in [-0.25, -0.2) is 0 Å². The Morgan fingerprint density at radius 3 is 2.71 bits per heavy atom. The summed E-state index contributed by atoms with van der Waals surface area (Å²) in [5.41, 5.74) is 1.24.